The summed E-state index contributed by atoms with van der Waals surface area (Å²) in [5, 5.41) is 0.847. The third kappa shape index (κ3) is 6.90. The third-order valence-corrected chi connectivity index (χ3v) is 7.38. The van der Waals surface area contributed by atoms with Gasteiger partial charge in [-0.05, 0) is 43.2 Å². The van der Waals surface area contributed by atoms with Crippen molar-refractivity contribution >= 4 is 51.7 Å². The summed E-state index contributed by atoms with van der Waals surface area (Å²) in [6.45, 7) is 8.47. The Morgan fingerprint density at radius 1 is 1.07 bits per heavy atom. The summed E-state index contributed by atoms with van der Waals surface area (Å²) in [4.78, 5) is 28.8. The van der Waals surface area contributed by atoms with Crippen LogP contribution in [0.4, 0.5) is 5.69 Å². The van der Waals surface area contributed by atoms with Crippen LogP contribution in [0.2, 0.25) is 10.0 Å². The molecular formula is C23H33Cl2NO2S. The number of hydrogen-bond donors (Lipinski definition) is 0. The molecule has 0 aliphatic heterocycles. The van der Waals surface area contributed by atoms with Crippen molar-refractivity contribution in [1.82, 2.24) is 0 Å². The number of nitrogens with zero attached hydrogens (tertiary/aromatic N) is 1. The highest BCUT2D eigenvalue weighted by Gasteiger charge is 2.30. The summed E-state index contributed by atoms with van der Waals surface area (Å²) in [5.74, 6) is 0.209. The zero-order valence-electron chi connectivity index (χ0n) is 18.0. The van der Waals surface area contributed by atoms with E-state index in [2.05, 4.69) is 6.92 Å². The Labute approximate surface area is 189 Å². The molecule has 29 heavy (non-hydrogen) atoms. The fourth-order valence-corrected chi connectivity index (χ4v) is 4.85. The molecule has 1 aromatic rings. The number of hydrogen-bond acceptors (Lipinski definition) is 3. The Morgan fingerprint density at radius 2 is 1.69 bits per heavy atom. The average molecular weight is 458 g/mol. The van der Waals surface area contributed by atoms with Crippen molar-refractivity contribution in [1.29, 1.82) is 0 Å². The molecule has 0 atom stereocenters. The maximum atomic E-state index is 13.5. The topological polar surface area (TPSA) is 37.4 Å². The summed E-state index contributed by atoms with van der Waals surface area (Å²) >= 11 is 13.8. The molecule has 0 spiro atoms. The van der Waals surface area contributed by atoms with Gasteiger partial charge in [-0.15, -0.1) is 0 Å². The summed E-state index contributed by atoms with van der Waals surface area (Å²) < 4.78 is 0. The Kier molecular flexibility index (Phi) is 9.37. The smallest absolute Gasteiger partial charge is 0.230 e. The Bertz CT molecular complexity index is 724. The number of anilines is 1. The molecule has 0 unspecified atom stereocenters. The second-order valence-corrected chi connectivity index (χ2v) is 10.7. The van der Waals surface area contributed by atoms with Gasteiger partial charge in [-0.25, -0.2) is 0 Å². The van der Waals surface area contributed by atoms with Gasteiger partial charge in [-0.3, -0.25) is 9.59 Å². The van der Waals surface area contributed by atoms with E-state index in [1.165, 1.54) is 6.42 Å². The Balaban J connectivity index is 2.42. The van der Waals surface area contributed by atoms with Crippen molar-refractivity contribution in [2.45, 2.75) is 84.0 Å². The minimum absolute atomic E-state index is 0.0377. The van der Waals surface area contributed by atoms with Gasteiger partial charge in [0.15, 0.2) is 5.12 Å². The molecule has 0 radical (unpaired) electrons. The molecule has 1 fully saturated rings. The highest BCUT2D eigenvalue weighted by Crippen LogP contribution is 2.41. The molecule has 0 bridgehead atoms. The maximum Gasteiger partial charge on any atom is 0.230 e. The number of thioether (sulfide) groups is 1. The van der Waals surface area contributed by atoms with Crippen LogP contribution >= 0.6 is 35.0 Å². The largest absolute Gasteiger partial charge is 0.311 e. The number of carbonyl (C=O) groups excluding carboxylic acids is 2. The zero-order chi connectivity index (χ0) is 21.6. The minimum atomic E-state index is -0.492. The van der Waals surface area contributed by atoms with Crippen LogP contribution in [0.15, 0.2) is 17.0 Å². The van der Waals surface area contributed by atoms with E-state index in [-0.39, 0.29) is 16.9 Å². The Morgan fingerprint density at radius 3 is 2.28 bits per heavy atom. The van der Waals surface area contributed by atoms with E-state index in [0.29, 0.717) is 27.2 Å². The highest BCUT2D eigenvalue weighted by molar-refractivity contribution is 8.13. The molecule has 6 heteroatoms. The predicted molar refractivity (Wildman–Crippen MR) is 125 cm³/mol. The van der Waals surface area contributed by atoms with Gasteiger partial charge >= 0.3 is 0 Å². The lowest BCUT2D eigenvalue weighted by Gasteiger charge is -2.31. The molecule has 1 saturated carbocycles. The molecule has 162 valence electrons. The maximum absolute atomic E-state index is 13.5. The normalized spacial score (nSPS) is 15.4. The van der Waals surface area contributed by atoms with E-state index in [4.69, 9.17) is 23.2 Å². The van der Waals surface area contributed by atoms with Crippen molar-refractivity contribution in [3.8, 4) is 0 Å². The first kappa shape index (κ1) is 24.6. The molecule has 0 aromatic heterocycles. The van der Waals surface area contributed by atoms with Gasteiger partial charge < -0.3 is 4.90 Å². The predicted octanol–water partition coefficient (Wildman–Crippen LogP) is 7.76. The van der Waals surface area contributed by atoms with Crippen LogP contribution in [-0.4, -0.2) is 17.6 Å². The lowest BCUT2D eigenvalue weighted by atomic mass is 9.88. The van der Waals surface area contributed by atoms with Gasteiger partial charge in [0.25, 0.3) is 0 Å². The van der Waals surface area contributed by atoms with Crippen LogP contribution in [0.3, 0.4) is 0 Å². The van der Waals surface area contributed by atoms with Crippen LogP contribution in [-0.2, 0) is 9.59 Å². The third-order valence-electron chi connectivity index (χ3n) is 5.31. The molecular weight excluding hydrogens is 425 g/mol. The summed E-state index contributed by atoms with van der Waals surface area (Å²) in [7, 11) is 0. The number of carbonyl (C=O) groups is 2. The van der Waals surface area contributed by atoms with Gasteiger partial charge in [0.1, 0.15) is 0 Å². The van der Waals surface area contributed by atoms with Crippen LogP contribution < -0.4 is 4.90 Å². The molecule has 0 heterocycles. The van der Waals surface area contributed by atoms with Gasteiger partial charge in [0.2, 0.25) is 5.91 Å². The van der Waals surface area contributed by atoms with E-state index in [9.17, 15) is 9.59 Å². The summed E-state index contributed by atoms with van der Waals surface area (Å²) in [6, 6.07) is 3.49. The van der Waals surface area contributed by atoms with Crippen LogP contribution in [0, 0.1) is 11.3 Å². The monoisotopic (exact) mass is 457 g/mol. The van der Waals surface area contributed by atoms with Crippen molar-refractivity contribution in [3.63, 3.8) is 0 Å². The summed E-state index contributed by atoms with van der Waals surface area (Å²) in [6.07, 6.45) is 8.34. The van der Waals surface area contributed by atoms with Gasteiger partial charge in [-0.2, -0.15) is 0 Å². The SMILES string of the molecule is CCCCCN(C(=O)C1CCCCC1)c1cc(Cl)c(Cl)cc1SC(=O)C(C)(C)C. The van der Waals surface area contributed by atoms with E-state index in [1.807, 2.05) is 25.7 Å². The lowest BCUT2D eigenvalue weighted by molar-refractivity contribution is -0.123. The van der Waals surface area contributed by atoms with Crippen LogP contribution in [0.5, 0.6) is 0 Å². The van der Waals surface area contributed by atoms with Crippen molar-refractivity contribution in [2.75, 3.05) is 11.4 Å². The molecule has 1 aliphatic rings. The number of benzene rings is 1. The second kappa shape index (κ2) is 11.1. The van der Waals surface area contributed by atoms with Crippen molar-refractivity contribution < 1.29 is 9.59 Å². The molecule has 2 rings (SSSR count). The molecule has 1 aliphatic carbocycles. The molecule has 0 saturated heterocycles. The minimum Gasteiger partial charge on any atom is -0.311 e. The lowest BCUT2D eigenvalue weighted by Crippen LogP contribution is -2.38. The Hall–Kier alpha value is -0.710. The van der Waals surface area contributed by atoms with Gasteiger partial charge in [0, 0.05) is 22.8 Å². The fraction of sp³-hybridized carbons (Fsp3) is 0.652. The first-order valence-electron chi connectivity index (χ1n) is 10.7. The standard InChI is InChI=1S/C23H33Cl2NO2S/c1-5-6-10-13-26(21(27)16-11-8-7-9-12-16)19-14-17(24)18(25)15-20(19)29-22(28)23(2,3)4/h14-16H,5-13H2,1-4H3. The zero-order valence-corrected chi connectivity index (χ0v) is 20.4. The number of halogens is 2. The first-order chi connectivity index (χ1) is 13.6. The molecule has 3 nitrogen and oxygen atoms in total. The first-order valence-corrected chi connectivity index (χ1v) is 12.2. The van der Waals surface area contributed by atoms with Gasteiger partial charge in [0.05, 0.1) is 15.7 Å². The fourth-order valence-electron chi connectivity index (χ4n) is 3.50. The van der Waals surface area contributed by atoms with E-state index in [1.54, 1.807) is 12.1 Å². The molecule has 1 amide bonds. The number of unbranched alkanes of at least 4 members (excludes halogenated alkanes) is 2. The van der Waals surface area contributed by atoms with E-state index < -0.39 is 5.41 Å². The van der Waals surface area contributed by atoms with Crippen molar-refractivity contribution in [2.24, 2.45) is 11.3 Å². The quantitative estimate of drug-likeness (QED) is 0.309. The average Bonchev–Trinajstić information content (AvgIpc) is 2.68. The van der Waals surface area contributed by atoms with Crippen LogP contribution in [0.1, 0.15) is 79.1 Å². The van der Waals surface area contributed by atoms with Gasteiger partial charge in [-0.1, -0.05) is 83.0 Å². The number of rotatable bonds is 7. The molecule has 0 N–H and O–H groups in total. The molecule has 1 aromatic carbocycles. The van der Waals surface area contributed by atoms with E-state index >= 15 is 0 Å². The highest BCUT2D eigenvalue weighted by atomic mass is 35.5. The summed E-state index contributed by atoms with van der Waals surface area (Å²) in [5.41, 5.74) is 0.225. The number of amides is 1. The van der Waals surface area contributed by atoms with Crippen LogP contribution in [0.25, 0.3) is 0 Å². The van der Waals surface area contributed by atoms with Crippen molar-refractivity contribution in [3.05, 3.63) is 22.2 Å². The second-order valence-electron chi connectivity index (χ2n) is 8.91. The van der Waals surface area contributed by atoms with E-state index in [0.717, 1.165) is 56.7 Å².